The van der Waals surface area contributed by atoms with E-state index in [9.17, 15) is 18.0 Å². The summed E-state index contributed by atoms with van der Waals surface area (Å²) in [7, 11) is -3.40. The third-order valence-electron chi connectivity index (χ3n) is 6.80. The third-order valence-corrected chi connectivity index (χ3v) is 9.45. The zero-order valence-electron chi connectivity index (χ0n) is 18.9. The van der Waals surface area contributed by atoms with Crippen molar-refractivity contribution < 1.29 is 13.2 Å². The first kappa shape index (κ1) is 23.2. The van der Waals surface area contributed by atoms with Gasteiger partial charge >= 0.3 is 0 Å². The number of aromatic nitrogens is 3. The van der Waals surface area contributed by atoms with Gasteiger partial charge in [-0.1, -0.05) is 32.1 Å². The minimum Gasteiger partial charge on any atom is -0.297 e. The SMILES string of the molecule is O=C(Cc1nccs1)C(CC1CCCCC1)n1cnc2cc(NS(=O)(=O)C3CC3)ccc2c1=O. The summed E-state index contributed by atoms with van der Waals surface area (Å²) in [6.45, 7) is 0. The fourth-order valence-corrected chi connectivity index (χ4v) is 6.80. The number of ketones is 1. The van der Waals surface area contributed by atoms with Gasteiger partial charge in [0.1, 0.15) is 0 Å². The van der Waals surface area contributed by atoms with Crippen LogP contribution in [0.4, 0.5) is 5.69 Å². The van der Waals surface area contributed by atoms with Crippen molar-refractivity contribution in [1.29, 1.82) is 0 Å². The summed E-state index contributed by atoms with van der Waals surface area (Å²) in [4.78, 5) is 35.5. The van der Waals surface area contributed by atoms with E-state index in [1.54, 1.807) is 24.4 Å². The van der Waals surface area contributed by atoms with Gasteiger partial charge in [-0.15, -0.1) is 11.3 Å². The van der Waals surface area contributed by atoms with Gasteiger partial charge in [0.25, 0.3) is 5.56 Å². The van der Waals surface area contributed by atoms with Crippen LogP contribution in [-0.2, 0) is 21.2 Å². The lowest BCUT2D eigenvalue weighted by atomic mass is 9.83. The smallest absolute Gasteiger partial charge is 0.261 e. The number of benzene rings is 1. The van der Waals surface area contributed by atoms with Crippen molar-refractivity contribution in [3.8, 4) is 0 Å². The van der Waals surface area contributed by atoms with Crippen LogP contribution < -0.4 is 10.3 Å². The fourth-order valence-electron chi connectivity index (χ4n) is 4.79. The Hall–Kier alpha value is -2.59. The first-order chi connectivity index (χ1) is 16.4. The van der Waals surface area contributed by atoms with E-state index in [1.807, 2.05) is 5.38 Å². The number of rotatable bonds is 9. The Balaban J connectivity index is 1.45. The highest BCUT2D eigenvalue weighted by Gasteiger charge is 2.35. The summed E-state index contributed by atoms with van der Waals surface area (Å²) in [5.74, 6) is 0.374. The predicted octanol–water partition coefficient (Wildman–Crippen LogP) is 4.08. The van der Waals surface area contributed by atoms with Gasteiger partial charge in [0.15, 0.2) is 5.78 Å². The van der Waals surface area contributed by atoms with Crippen molar-refractivity contribution in [1.82, 2.24) is 14.5 Å². The molecule has 1 aromatic carbocycles. The quantitative estimate of drug-likeness (QED) is 0.474. The fraction of sp³-hybridized carbons (Fsp3) is 0.500. The molecule has 0 radical (unpaired) electrons. The molecule has 0 bridgehead atoms. The molecule has 34 heavy (non-hydrogen) atoms. The number of nitrogens with one attached hydrogen (secondary N) is 1. The molecule has 10 heteroatoms. The molecule has 0 spiro atoms. The largest absolute Gasteiger partial charge is 0.297 e. The number of hydrogen-bond acceptors (Lipinski definition) is 7. The summed E-state index contributed by atoms with van der Waals surface area (Å²) in [5, 5.41) is 2.62. The van der Waals surface area contributed by atoms with Gasteiger partial charge in [0.2, 0.25) is 10.0 Å². The number of carbonyl (C=O) groups is 1. The molecule has 180 valence electrons. The number of nitrogens with zero attached hydrogens (tertiary/aromatic N) is 3. The molecule has 2 fully saturated rings. The Kier molecular flexibility index (Phi) is 6.52. The van der Waals surface area contributed by atoms with Gasteiger partial charge in [-0.2, -0.15) is 0 Å². The van der Waals surface area contributed by atoms with Crippen LogP contribution in [0.5, 0.6) is 0 Å². The molecule has 5 rings (SSSR count). The van der Waals surface area contributed by atoms with E-state index in [0.29, 0.717) is 41.8 Å². The Morgan fingerprint density at radius 1 is 1.15 bits per heavy atom. The van der Waals surface area contributed by atoms with E-state index < -0.39 is 16.1 Å². The van der Waals surface area contributed by atoms with Crippen LogP contribution in [0.15, 0.2) is 40.9 Å². The lowest BCUT2D eigenvalue weighted by Crippen LogP contribution is -2.33. The first-order valence-corrected chi connectivity index (χ1v) is 14.3. The highest BCUT2D eigenvalue weighted by atomic mass is 32.2. The summed E-state index contributed by atoms with van der Waals surface area (Å²) >= 11 is 1.44. The lowest BCUT2D eigenvalue weighted by Gasteiger charge is -2.27. The molecule has 0 aliphatic heterocycles. The third kappa shape index (κ3) is 5.07. The molecule has 1 atom stereocenters. The monoisotopic (exact) mass is 500 g/mol. The summed E-state index contributed by atoms with van der Waals surface area (Å²) < 4.78 is 28.6. The van der Waals surface area contributed by atoms with Crippen molar-refractivity contribution >= 4 is 43.7 Å². The van der Waals surface area contributed by atoms with Gasteiger partial charge in [0, 0.05) is 11.6 Å². The van der Waals surface area contributed by atoms with Gasteiger partial charge in [-0.3, -0.25) is 18.9 Å². The van der Waals surface area contributed by atoms with Crippen molar-refractivity contribution in [2.75, 3.05) is 4.72 Å². The molecule has 8 nitrogen and oxygen atoms in total. The first-order valence-electron chi connectivity index (χ1n) is 11.8. The zero-order valence-corrected chi connectivity index (χ0v) is 20.5. The normalized spacial score (nSPS) is 18.1. The highest BCUT2D eigenvalue weighted by molar-refractivity contribution is 7.93. The second kappa shape index (κ2) is 9.58. The highest BCUT2D eigenvalue weighted by Crippen LogP contribution is 2.32. The van der Waals surface area contributed by atoms with Crippen molar-refractivity contribution in [3.63, 3.8) is 0 Å². The molecule has 1 unspecified atom stereocenters. The molecule has 0 amide bonds. The molecule has 2 aliphatic carbocycles. The molecule has 2 aromatic heterocycles. The van der Waals surface area contributed by atoms with Crippen LogP contribution in [0.2, 0.25) is 0 Å². The molecular formula is C24H28N4O4S2. The molecule has 0 saturated heterocycles. The molecule has 2 heterocycles. The number of thiazole rings is 1. The minimum atomic E-state index is -3.40. The minimum absolute atomic E-state index is 0.0300. The maximum Gasteiger partial charge on any atom is 0.261 e. The van der Waals surface area contributed by atoms with Crippen LogP contribution in [0, 0.1) is 5.92 Å². The maximum atomic E-state index is 13.5. The number of carbonyl (C=O) groups excluding carboxylic acids is 1. The van der Waals surface area contributed by atoms with E-state index in [0.717, 1.165) is 30.7 Å². The van der Waals surface area contributed by atoms with E-state index in [2.05, 4.69) is 14.7 Å². The van der Waals surface area contributed by atoms with Crippen molar-refractivity contribution in [2.45, 2.75) is 69.1 Å². The Morgan fingerprint density at radius 3 is 2.65 bits per heavy atom. The lowest BCUT2D eigenvalue weighted by molar-refractivity contribution is -0.122. The second-order valence-electron chi connectivity index (χ2n) is 9.36. The molecule has 2 saturated carbocycles. The van der Waals surface area contributed by atoms with E-state index >= 15 is 0 Å². The van der Waals surface area contributed by atoms with Crippen LogP contribution in [-0.4, -0.2) is 34.0 Å². The van der Waals surface area contributed by atoms with Crippen LogP contribution in [0.25, 0.3) is 10.9 Å². The van der Waals surface area contributed by atoms with E-state index in [4.69, 9.17) is 0 Å². The maximum absolute atomic E-state index is 13.5. The van der Waals surface area contributed by atoms with Crippen LogP contribution in [0.1, 0.15) is 62.4 Å². The second-order valence-corrected chi connectivity index (χ2v) is 12.3. The topological polar surface area (TPSA) is 111 Å². The summed E-state index contributed by atoms with van der Waals surface area (Å²) in [5.41, 5.74) is 0.513. The van der Waals surface area contributed by atoms with Gasteiger partial charge in [-0.25, -0.2) is 18.4 Å². The average molecular weight is 501 g/mol. The molecule has 2 aliphatic rings. The molecule has 1 N–H and O–H groups in total. The van der Waals surface area contributed by atoms with Crippen molar-refractivity contribution in [2.24, 2.45) is 5.92 Å². The number of Topliss-reactive ketones (excluding diaryl/α,β-unsaturated/α-hetero) is 1. The van der Waals surface area contributed by atoms with Crippen LogP contribution >= 0.6 is 11.3 Å². The number of fused-ring (bicyclic) bond motifs is 1. The Morgan fingerprint density at radius 2 is 1.94 bits per heavy atom. The zero-order chi connectivity index (χ0) is 23.7. The average Bonchev–Trinajstić information content (AvgIpc) is 3.57. The standard InChI is InChI=1S/C24H28N4O4S2/c29-22(14-23-25-10-11-33-23)21(12-16-4-2-1-3-5-16)28-15-26-20-13-17(6-9-19(20)24(28)30)27-34(31,32)18-7-8-18/h6,9-11,13,15-16,18,21,27H,1-5,7-8,12,14H2. The van der Waals surface area contributed by atoms with E-state index in [1.165, 1.54) is 28.7 Å². The molecule has 3 aromatic rings. The van der Waals surface area contributed by atoms with E-state index in [-0.39, 0.29) is 23.0 Å². The number of anilines is 1. The number of sulfonamides is 1. The predicted molar refractivity (Wildman–Crippen MR) is 133 cm³/mol. The van der Waals surface area contributed by atoms with Gasteiger partial charge in [0.05, 0.1) is 45.6 Å². The Bertz CT molecular complexity index is 1340. The van der Waals surface area contributed by atoms with Crippen molar-refractivity contribution in [3.05, 3.63) is 51.5 Å². The Labute approximate surface area is 202 Å². The van der Waals surface area contributed by atoms with Gasteiger partial charge in [-0.05, 0) is 43.4 Å². The van der Waals surface area contributed by atoms with Crippen LogP contribution in [0.3, 0.4) is 0 Å². The summed E-state index contributed by atoms with van der Waals surface area (Å²) in [6, 6.07) is 4.16. The van der Waals surface area contributed by atoms with Gasteiger partial charge < -0.3 is 0 Å². The molecular weight excluding hydrogens is 472 g/mol. The summed E-state index contributed by atoms with van der Waals surface area (Å²) in [6.07, 6.45) is 11.0. The number of hydrogen-bond donors (Lipinski definition) is 1.